The zero-order valence-electron chi connectivity index (χ0n) is 7.83. The second-order valence-electron chi connectivity index (χ2n) is 4.19. The standard InChI is InChI=1S/C8H10N4O3/c13-8-1-4(5-2-14-6(8)15-5)12-7(11-8)9-3-10-12/h3-6,13H,1-2H2,(H,9,10,11)/t4-,5?,6+,8?/m0/s1. The summed E-state index contributed by atoms with van der Waals surface area (Å²) in [5.74, 6) is 0.581. The van der Waals surface area contributed by atoms with Crippen LogP contribution in [-0.4, -0.2) is 44.6 Å². The van der Waals surface area contributed by atoms with E-state index < -0.39 is 12.0 Å². The van der Waals surface area contributed by atoms with Crippen molar-refractivity contribution in [3.63, 3.8) is 0 Å². The number of hydrogen-bond donors (Lipinski definition) is 2. The molecule has 4 heterocycles. The van der Waals surface area contributed by atoms with Crippen molar-refractivity contribution in [1.82, 2.24) is 14.8 Å². The Balaban J connectivity index is 1.89. The lowest BCUT2D eigenvalue weighted by atomic mass is 9.95. The van der Waals surface area contributed by atoms with Crippen LogP contribution in [0.5, 0.6) is 0 Å². The number of nitrogens with one attached hydrogen (secondary N) is 1. The molecule has 4 bridgehead atoms. The first-order chi connectivity index (χ1) is 7.26. The average Bonchev–Trinajstić information content (AvgIpc) is 2.80. The molecule has 2 saturated heterocycles. The first-order valence-corrected chi connectivity index (χ1v) is 4.93. The molecule has 0 amide bonds. The van der Waals surface area contributed by atoms with E-state index in [0.717, 1.165) is 0 Å². The van der Waals surface area contributed by atoms with Gasteiger partial charge in [-0.25, -0.2) is 4.68 Å². The van der Waals surface area contributed by atoms with E-state index in [0.29, 0.717) is 19.0 Å². The van der Waals surface area contributed by atoms with Crippen LogP contribution >= 0.6 is 0 Å². The van der Waals surface area contributed by atoms with Gasteiger partial charge in [-0.05, 0) is 0 Å². The normalized spacial score (nSPS) is 46.1. The lowest BCUT2D eigenvalue weighted by Crippen LogP contribution is -2.58. The highest BCUT2D eigenvalue weighted by molar-refractivity contribution is 5.33. The van der Waals surface area contributed by atoms with Gasteiger partial charge < -0.3 is 19.9 Å². The molecule has 0 aromatic carbocycles. The first-order valence-electron chi connectivity index (χ1n) is 4.93. The van der Waals surface area contributed by atoms with E-state index in [4.69, 9.17) is 9.47 Å². The van der Waals surface area contributed by atoms with E-state index in [1.807, 2.05) is 0 Å². The molecule has 4 rings (SSSR count). The molecule has 7 nitrogen and oxygen atoms in total. The third-order valence-electron chi connectivity index (χ3n) is 3.27. The fourth-order valence-electron chi connectivity index (χ4n) is 2.55. The van der Waals surface area contributed by atoms with E-state index in [2.05, 4.69) is 15.4 Å². The molecule has 7 heteroatoms. The summed E-state index contributed by atoms with van der Waals surface area (Å²) in [5.41, 5.74) is -1.17. The molecule has 0 aliphatic carbocycles. The van der Waals surface area contributed by atoms with Gasteiger partial charge in [0.1, 0.15) is 12.4 Å². The van der Waals surface area contributed by atoms with Gasteiger partial charge in [0, 0.05) is 6.42 Å². The maximum atomic E-state index is 10.3. The van der Waals surface area contributed by atoms with E-state index in [-0.39, 0.29) is 12.1 Å². The van der Waals surface area contributed by atoms with Crippen molar-refractivity contribution in [1.29, 1.82) is 0 Å². The molecule has 0 spiro atoms. The summed E-state index contributed by atoms with van der Waals surface area (Å²) < 4.78 is 12.7. The summed E-state index contributed by atoms with van der Waals surface area (Å²) in [6.07, 6.45) is 1.39. The molecule has 3 aliphatic rings. The van der Waals surface area contributed by atoms with E-state index in [9.17, 15) is 5.11 Å². The van der Waals surface area contributed by atoms with Crippen molar-refractivity contribution < 1.29 is 14.6 Å². The molecule has 3 aliphatic heterocycles. The fourth-order valence-corrected chi connectivity index (χ4v) is 2.55. The molecular formula is C8H10N4O3. The number of nitrogens with zero attached hydrogens (tertiary/aromatic N) is 3. The Morgan fingerprint density at radius 1 is 1.67 bits per heavy atom. The molecule has 0 saturated carbocycles. The summed E-state index contributed by atoms with van der Waals surface area (Å²) in [5, 5.41) is 17.3. The van der Waals surface area contributed by atoms with Crippen LogP contribution < -0.4 is 5.32 Å². The minimum Gasteiger partial charge on any atom is -0.366 e. The van der Waals surface area contributed by atoms with Gasteiger partial charge in [0.2, 0.25) is 12.2 Å². The third kappa shape index (κ3) is 0.858. The van der Waals surface area contributed by atoms with Gasteiger partial charge in [0.25, 0.3) is 0 Å². The Labute approximate surface area is 85.0 Å². The molecular weight excluding hydrogens is 200 g/mol. The van der Waals surface area contributed by atoms with Crippen molar-refractivity contribution in [2.45, 2.75) is 30.6 Å². The van der Waals surface area contributed by atoms with Gasteiger partial charge in [-0.2, -0.15) is 10.1 Å². The van der Waals surface area contributed by atoms with Gasteiger partial charge in [-0.3, -0.25) is 0 Å². The monoisotopic (exact) mass is 210 g/mol. The number of aromatic nitrogens is 3. The number of fused-ring (bicyclic) bond motifs is 8. The summed E-state index contributed by atoms with van der Waals surface area (Å²) in [6, 6.07) is 0.00694. The number of aliphatic hydroxyl groups is 1. The van der Waals surface area contributed by atoms with Gasteiger partial charge in [0.05, 0.1) is 12.6 Å². The van der Waals surface area contributed by atoms with Crippen LogP contribution in [0, 0.1) is 0 Å². The SMILES string of the molecule is OC12C[C@@H](C3CO[C@@H]1O3)n1ncnc1N2. The topological polar surface area (TPSA) is 81.4 Å². The minimum absolute atomic E-state index is 0.00694. The van der Waals surface area contributed by atoms with E-state index >= 15 is 0 Å². The van der Waals surface area contributed by atoms with Crippen molar-refractivity contribution in [2.24, 2.45) is 0 Å². The minimum atomic E-state index is -1.17. The van der Waals surface area contributed by atoms with Crippen LogP contribution in [-0.2, 0) is 9.47 Å². The molecule has 4 atom stereocenters. The van der Waals surface area contributed by atoms with Crippen molar-refractivity contribution in [3.05, 3.63) is 6.33 Å². The second-order valence-corrected chi connectivity index (χ2v) is 4.19. The van der Waals surface area contributed by atoms with E-state index in [1.54, 1.807) is 4.68 Å². The fraction of sp³-hybridized carbons (Fsp3) is 0.750. The predicted molar refractivity (Wildman–Crippen MR) is 46.9 cm³/mol. The van der Waals surface area contributed by atoms with Crippen LogP contribution in [0.15, 0.2) is 6.33 Å². The Bertz CT molecular complexity index is 422. The van der Waals surface area contributed by atoms with Gasteiger partial charge >= 0.3 is 0 Å². The molecule has 1 aromatic heterocycles. The smallest absolute Gasteiger partial charge is 0.223 e. The molecule has 15 heavy (non-hydrogen) atoms. The Kier molecular flexibility index (Phi) is 1.24. The number of hydrogen-bond acceptors (Lipinski definition) is 6. The molecule has 0 radical (unpaired) electrons. The van der Waals surface area contributed by atoms with Gasteiger partial charge in [0.15, 0.2) is 5.72 Å². The summed E-state index contributed by atoms with van der Waals surface area (Å²) >= 11 is 0. The second kappa shape index (κ2) is 2.31. The van der Waals surface area contributed by atoms with Crippen LogP contribution in [0.25, 0.3) is 0 Å². The first kappa shape index (κ1) is 8.03. The van der Waals surface area contributed by atoms with Crippen molar-refractivity contribution in [2.75, 3.05) is 11.9 Å². The lowest BCUT2D eigenvalue weighted by molar-refractivity contribution is -0.215. The van der Waals surface area contributed by atoms with Crippen molar-refractivity contribution in [3.8, 4) is 0 Å². The summed E-state index contributed by atoms with van der Waals surface area (Å²) in [7, 11) is 0. The van der Waals surface area contributed by atoms with Gasteiger partial charge in [-0.15, -0.1) is 0 Å². The van der Waals surface area contributed by atoms with Crippen LogP contribution in [0.3, 0.4) is 0 Å². The zero-order chi connectivity index (χ0) is 10.0. The number of rotatable bonds is 0. The van der Waals surface area contributed by atoms with Crippen LogP contribution in [0.4, 0.5) is 5.95 Å². The van der Waals surface area contributed by atoms with Gasteiger partial charge in [-0.1, -0.05) is 0 Å². The van der Waals surface area contributed by atoms with E-state index in [1.165, 1.54) is 6.33 Å². The van der Waals surface area contributed by atoms with Crippen LogP contribution in [0.1, 0.15) is 12.5 Å². The lowest BCUT2D eigenvalue weighted by Gasteiger charge is -2.44. The number of anilines is 1. The predicted octanol–water partition coefficient (Wildman–Crippen LogP) is -0.922. The average molecular weight is 210 g/mol. The summed E-state index contributed by atoms with van der Waals surface area (Å²) in [4.78, 5) is 4.05. The zero-order valence-corrected chi connectivity index (χ0v) is 7.83. The highest BCUT2D eigenvalue weighted by atomic mass is 16.7. The van der Waals surface area contributed by atoms with Crippen LogP contribution in [0.2, 0.25) is 0 Å². The Hall–Kier alpha value is -1.18. The maximum absolute atomic E-state index is 10.3. The highest BCUT2D eigenvalue weighted by Gasteiger charge is 2.57. The summed E-state index contributed by atoms with van der Waals surface area (Å²) in [6.45, 7) is 0.499. The Morgan fingerprint density at radius 3 is 3.53 bits per heavy atom. The highest BCUT2D eigenvalue weighted by Crippen LogP contribution is 2.44. The van der Waals surface area contributed by atoms with Crippen molar-refractivity contribution >= 4 is 5.95 Å². The molecule has 2 fully saturated rings. The third-order valence-corrected chi connectivity index (χ3v) is 3.27. The quantitative estimate of drug-likeness (QED) is 0.576. The number of ether oxygens (including phenoxy) is 2. The maximum Gasteiger partial charge on any atom is 0.223 e. The molecule has 2 unspecified atom stereocenters. The largest absolute Gasteiger partial charge is 0.366 e. The molecule has 1 aromatic rings. The Morgan fingerprint density at radius 2 is 2.60 bits per heavy atom. The molecule has 2 N–H and O–H groups in total. The molecule has 80 valence electrons.